The number of alkyl halides is 1. The monoisotopic (exact) mass is 215 g/mol. The molecule has 5 heteroatoms. The van der Waals surface area contributed by atoms with E-state index in [-0.39, 0.29) is 5.54 Å². The van der Waals surface area contributed by atoms with Gasteiger partial charge in [-0.3, -0.25) is 0 Å². The Morgan fingerprint density at radius 2 is 2.29 bits per heavy atom. The van der Waals surface area contributed by atoms with Gasteiger partial charge in [-0.05, 0) is 26.2 Å². The summed E-state index contributed by atoms with van der Waals surface area (Å²) in [5.74, 6) is 1.12. The summed E-state index contributed by atoms with van der Waals surface area (Å²) in [5.41, 5.74) is 0.158. The highest BCUT2D eigenvalue weighted by Crippen LogP contribution is 2.34. The third-order valence-corrected chi connectivity index (χ3v) is 2.83. The Labute approximate surface area is 88.0 Å². The van der Waals surface area contributed by atoms with Gasteiger partial charge in [-0.2, -0.15) is 0 Å². The van der Waals surface area contributed by atoms with Crippen LogP contribution in [0.4, 0.5) is 6.01 Å². The summed E-state index contributed by atoms with van der Waals surface area (Å²) in [6.45, 7) is 2.17. The van der Waals surface area contributed by atoms with Crippen molar-refractivity contribution in [3.63, 3.8) is 0 Å². The molecule has 14 heavy (non-hydrogen) atoms. The average molecular weight is 216 g/mol. The Kier molecular flexibility index (Phi) is 2.63. The number of aryl methyl sites for hydroxylation is 1. The average Bonchev–Trinajstić information content (AvgIpc) is 2.51. The molecule has 1 aromatic heterocycles. The minimum atomic E-state index is 0.158. The molecule has 1 N–H and O–H groups in total. The molecule has 0 aromatic carbocycles. The van der Waals surface area contributed by atoms with E-state index in [9.17, 15) is 0 Å². The first-order valence-corrected chi connectivity index (χ1v) is 5.42. The Bertz CT molecular complexity index is 309. The maximum absolute atomic E-state index is 5.57. The molecule has 1 saturated carbocycles. The Hall–Kier alpha value is -0.770. The summed E-state index contributed by atoms with van der Waals surface area (Å²) in [6.07, 6.45) is 4.24. The summed E-state index contributed by atoms with van der Waals surface area (Å²) in [6, 6.07) is 0.521. The molecule has 1 heterocycles. The van der Waals surface area contributed by atoms with Crippen LogP contribution in [0.25, 0.3) is 0 Å². The van der Waals surface area contributed by atoms with E-state index in [1.807, 2.05) is 0 Å². The summed E-state index contributed by atoms with van der Waals surface area (Å²) >= 11 is 5.57. The smallest absolute Gasteiger partial charge is 0.315 e. The number of nitrogens with one attached hydrogen (secondary N) is 1. The number of nitrogens with zero attached hydrogens (tertiary/aromatic N) is 2. The molecule has 1 aliphatic rings. The fourth-order valence-electron chi connectivity index (χ4n) is 1.58. The number of aromatic nitrogens is 2. The molecule has 1 aliphatic carbocycles. The van der Waals surface area contributed by atoms with Crippen LogP contribution in [0.15, 0.2) is 4.42 Å². The third kappa shape index (κ3) is 2.00. The summed E-state index contributed by atoms with van der Waals surface area (Å²) in [7, 11) is 0. The summed E-state index contributed by atoms with van der Waals surface area (Å²) < 4.78 is 5.38. The van der Waals surface area contributed by atoms with Crippen LogP contribution >= 0.6 is 11.6 Å². The predicted octanol–water partition coefficient (Wildman–Crippen LogP) is 2.21. The lowest BCUT2D eigenvalue weighted by Gasteiger charge is -2.38. The molecule has 4 nitrogen and oxygen atoms in total. The second kappa shape index (κ2) is 3.77. The van der Waals surface area contributed by atoms with Crippen LogP contribution in [0.5, 0.6) is 0 Å². The Balaban J connectivity index is 1.95. The number of rotatable bonds is 4. The van der Waals surface area contributed by atoms with Crippen LogP contribution in [0.1, 0.15) is 32.1 Å². The normalized spacial score (nSPS) is 19.0. The van der Waals surface area contributed by atoms with Crippen molar-refractivity contribution >= 4 is 17.6 Å². The molecule has 2 rings (SSSR count). The summed E-state index contributed by atoms with van der Waals surface area (Å²) in [4.78, 5) is 0. The molecule has 1 fully saturated rings. The minimum absolute atomic E-state index is 0.158. The standard InChI is InChI=1S/C9H14ClN3O/c1-9(4-2-5-9)11-8-13-12-7(14-8)3-6-10/h2-6H2,1H3,(H,11,13). The molecule has 0 bridgehead atoms. The number of hydrogen-bond donors (Lipinski definition) is 1. The van der Waals surface area contributed by atoms with Crippen molar-refractivity contribution < 1.29 is 4.42 Å². The molecule has 0 atom stereocenters. The van der Waals surface area contributed by atoms with Gasteiger partial charge in [0.1, 0.15) is 0 Å². The zero-order valence-corrected chi connectivity index (χ0v) is 8.97. The fourth-order valence-corrected chi connectivity index (χ4v) is 1.74. The van der Waals surface area contributed by atoms with Gasteiger partial charge in [0.15, 0.2) is 0 Å². The van der Waals surface area contributed by atoms with Crippen LogP contribution in [0.3, 0.4) is 0 Å². The molecule has 0 spiro atoms. The highest BCUT2D eigenvalue weighted by molar-refractivity contribution is 6.17. The van der Waals surface area contributed by atoms with Crippen molar-refractivity contribution in [3.8, 4) is 0 Å². The Morgan fingerprint density at radius 3 is 2.86 bits per heavy atom. The van der Waals surface area contributed by atoms with E-state index in [1.54, 1.807) is 0 Å². The third-order valence-electron chi connectivity index (χ3n) is 2.64. The van der Waals surface area contributed by atoms with Crippen LogP contribution < -0.4 is 5.32 Å². The second-order valence-electron chi connectivity index (χ2n) is 3.98. The van der Waals surface area contributed by atoms with E-state index in [2.05, 4.69) is 22.4 Å². The van der Waals surface area contributed by atoms with Crippen molar-refractivity contribution in [2.24, 2.45) is 0 Å². The number of anilines is 1. The van der Waals surface area contributed by atoms with Crippen LogP contribution in [-0.2, 0) is 6.42 Å². The number of halogens is 1. The number of hydrogen-bond acceptors (Lipinski definition) is 4. The van der Waals surface area contributed by atoms with Gasteiger partial charge >= 0.3 is 6.01 Å². The Morgan fingerprint density at radius 1 is 1.50 bits per heavy atom. The lowest BCUT2D eigenvalue weighted by atomic mass is 9.79. The maximum Gasteiger partial charge on any atom is 0.315 e. The molecule has 78 valence electrons. The summed E-state index contributed by atoms with van der Waals surface area (Å²) in [5, 5.41) is 11.1. The first-order valence-electron chi connectivity index (χ1n) is 4.88. The van der Waals surface area contributed by atoms with Gasteiger partial charge in [0.25, 0.3) is 0 Å². The molecule has 0 amide bonds. The van der Waals surface area contributed by atoms with Crippen LogP contribution in [-0.4, -0.2) is 21.6 Å². The van der Waals surface area contributed by atoms with Crippen molar-refractivity contribution in [2.45, 2.75) is 38.1 Å². The lowest BCUT2D eigenvalue weighted by molar-refractivity contribution is 0.297. The van der Waals surface area contributed by atoms with Crippen molar-refractivity contribution in [1.29, 1.82) is 0 Å². The molecule has 0 unspecified atom stereocenters. The van der Waals surface area contributed by atoms with E-state index in [4.69, 9.17) is 16.0 Å². The zero-order valence-electron chi connectivity index (χ0n) is 8.22. The first-order chi connectivity index (χ1) is 6.72. The van der Waals surface area contributed by atoms with E-state index in [0.717, 1.165) is 0 Å². The highest BCUT2D eigenvalue weighted by Gasteiger charge is 2.32. The quantitative estimate of drug-likeness (QED) is 0.783. The van der Waals surface area contributed by atoms with Crippen molar-refractivity contribution in [2.75, 3.05) is 11.2 Å². The van der Waals surface area contributed by atoms with Gasteiger partial charge in [-0.25, -0.2) is 0 Å². The van der Waals surface area contributed by atoms with Crippen molar-refractivity contribution in [1.82, 2.24) is 10.2 Å². The lowest BCUT2D eigenvalue weighted by Crippen LogP contribution is -2.41. The molecule has 0 saturated heterocycles. The van der Waals surface area contributed by atoms with Gasteiger partial charge in [0.05, 0.1) is 0 Å². The maximum atomic E-state index is 5.57. The predicted molar refractivity (Wildman–Crippen MR) is 54.6 cm³/mol. The van der Waals surface area contributed by atoms with Crippen LogP contribution in [0, 0.1) is 0 Å². The van der Waals surface area contributed by atoms with E-state index in [0.29, 0.717) is 24.2 Å². The molecule has 0 aliphatic heterocycles. The molecular formula is C9H14ClN3O. The fraction of sp³-hybridized carbons (Fsp3) is 0.778. The van der Waals surface area contributed by atoms with E-state index < -0.39 is 0 Å². The topological polar surface area (TPSA) is 51.0 Å². The van der Waals surface area contributed by atoms with Gasteiger partial charge in [-0.15, -0.1) is 16.7 Å². The highest BCUT2D eigenvalue weighted by atomic mass is 35.5. The SMILES string of the molecule is CC1(Nc2nnc(CCCl)o2)CCC1. The molecule has 0 radical (unpaired) electrons. The van der Waals surface area contributed by atoms with Gasteiger partial charge in [0, 0.05) is 17.8 Å². The largest absolute Gasteiger partial charge is 0.408 e. The van der Waals surface area contributed by atoms with Crippen LogP contribution in [0.2, 0.25) is 0 Å². The van der Waals surface area contributed by atoms with Gasteiger partial charge < -0.3 is 9.73 Å². The molecule has 1 aromatic rings. The van der Waals surface area contributed by atoms with E-state index >= 15 is 0 Å². The van der Waals surface area contributed by atoms with Gasteiger partial charge in [0.2, 0.25) is 5.89 Å². The van der Waals surface area contributed by atoms with Gasteiger partial charge in [-0.1, -0.05) is 5.10 Å². The van der Waals surface area contributed by atoms with E-state index in [1.165, 1.54) is 19.3 Å². The second-order valence-corrected chi connectivity index (χ2v) is 4.36. The zero-order chi connectivity index (χ0) is 10.0. The minimum Gasteiger partial charge on any atom is -0.408 e. The molecular weight excluding hydrogens is 202 g/mol. The van der Waals surface area contributed by atoms with Crippen molar-refractivity contribution in [3.05, 3.63) is 5.89 Å². The first kappa shape index (κ1) is 9.77.